The van der Waals surface area contributed by atoms with Crippen molar-refractivity contribution < 1.29 is 4.79 Å². The van der Waals surface area contributed by atoms with E-state index in [2.05, 4.69) is 4.90 Å². The van der Waals surface area contributed by atoms with Crippen molar-refractivity contribution in [1.82, 2.24) is 9.80 Å². The van der Waals surface area contributed by atoms with Crippen molar-refractivity contribution in [2.24, 2.45) is 5.73 Å². The summed E-state index contributed by atoms with van der Waals surface area (Å²) in [5, 5.41) is 0. The monoisotopic (exact) mass is 183 g/mol. The molecule has 2 heterocycles. The Balaban J connectivity index is 1.98. The highest BCUT2D eigenvalue weighted by Gasteiger charge is 2.36. The lowest BCUT2D eigenvalue weighted by molar-refractivity contribution is -0.130. The molecule has 0 spiro atoms. The van der Waals surface area contributed by atoms with Gasteiger partial charge in [0.25, 0.3) is 0 Å². The van der Waals surface area contributed by atoms with Gasteiger partial charge in [-0.1, -0.05) is 0 Å². The average Bonchev–Trinajstić information content (AvgIpc) is 2.62. The first-order valence-electron chi connectivity index (χ1n) is 4.93. The number of likely N-dealkylation sites (N-methyl/N-ethyl adjacent to an activating group) is 1. The molecule has 0 aromatic carbocycles. The molecule has 2 atom stereocenters. The molecular formula is C9H17N3O. The zero-order chi connectivity index (χ0) is 9.42. The Kier molecular flexibility index (Phi) is 2.26. The number of hydrogen-bond acceptors (Lipinski definition) is 3. The standard InChI is InChI=1S/C9H17N3O/c1-11-4-3-8(9(11)13)12-5-2-7(10)6-12/h7-8H,2-6,10H2,1H3/t7-,8+/m0/s1. The number of nitrogens with zero attached hydrogens (tertiary/aromatic N) is 2. The first-order chi connectivity index (χ1) is 6.18. The van der Waals surface area contributed by atoms with Crippen LogP contribution in [0.25, 0.3) is 0 Å². The molecule has 2 saturated heterocycles. The molecule has 0 saturated carbocycles. The van der Waals surface area contributed by atoms with Crippen molar-refractivity contribution in [3.63, 3.8) is 0 Å². The van der Waals surface area contributed by atoms with Crippen molar-refractivity contribution in [3.8, 4) is 0 Å². The largest absolute Gasteiger partial charge is 0.344 e. The van der Waals surface area contributed by atoms with Gasteiger partial charge in [0.15, 0.2) is 0 Å². The molecule has 1 amide bonds. The van der Waals surface area contributed by atoms with Crippen LogP contribution in [-0.4, -0.2) is 54.5 Å². The summed E-state index contributed by atoms with van der Waals surface area (Å²) >= 11 is 0. The van der Waals surface area contributed by atoms with Gasteiger partial charge in [-0.05, 0) is 12.8 Å². The van der Waals surface area contributed by atoms with Crippen molar-refractivity contribution in [2.75, 3.05) is 26.7 Å². The Morgan fingerprint density at radius 2 is 2.15 bits per heavy atom. The number of likely N-dealkylation sites (tertiary alicyclic amines) is 2. The Morgan fingerprint density at radius 3 is 2.62 bits per heavy atom. The summed E-state index contributed by atoms with van der Waals surface area (Å²) in [6.07, 6.45) is 2.01. The van der Waals surface area contributed by atoms with E-state index in [1.54, 1.807) is 0 Å². The number of hydrogen-bond donors (Lipinski definition) is 1. The summed E-state index contributed by atoms with van der Waals surface area (Å²) in [5.41, 5.74) is 5.81. The third-order valence-electron chi connectivity index (χ3n) is 3.10. The fourth-order valence-electron chi connectivity index (χ4n) is 2.24. The van der Waals surface area contributed by atoms with Crippen LogP contribution in [0.4, 0.5) is 0 Å². The van der Waals surface area contributed by atoms with Crippen LogP contribution in [0.3, 0.4) is 0 Å². The van der Waals surface area contributed by atoms with Gasteiger partial charge in [-0.25, -0.2) is 0 Å². The van der Waals surface area contributed by atoms with E-state index >= 15 is 0 Å². The van der Waals surface area contributed by atoms with Crippen molar-refractivity contribution in [2.45, 2.75) is 24.9 Å². The van der Waals surface area contributed by atoms with E-state index in [9.17, 15) is 4.79 Å². The van der Waals surface area contributed by atoms with Gasteiger partial charge in [0.05, 0.1) is 6.04 Å². The molecule has 2 rings (SSSR count). The lowest BCUT2D eigenvalue weighted by atomic mass is 10.2. The summed E-state index contributed by atoms with van der Waals surface area (Å²) < 4.78 is 0. The highest BCUT2D eigenvalue weighted by atomic mass is 16.2. The minimum atomic E-state index is 0.124. The average molecular weight is 183 g/mol. The number of amides is 1. The zero-order valence-corrected chi connectivity index (χ0v) is 8.07. The summed E-state index contributed by atoms with van der Waals surface area (Å²) in [7, 11) is 1.87. The van der Waals surface area contributed by atoms with Gasteiger partial charge < -0.3 is 10.6 Å². The third kappa shape index (κ3) is 1.56. The maximum absolute atomic E-state index is 11.6. The van der Waals surface area contributed by atoms with Crippen molar-refractivity contribution in [1.29, 1.82) is 0 Å². The Labute approximate surface area is 78.7 Å². The Hall–Kier alpha value is -0.610. The molecule has 0 aromatic heterocycles. The van der Waals surface area contributed by atoms with Gasteiger partial charge in [0.2, 0.25) is 5.91 Å². The van der Waals surface area contributed by atoms with Gasteiger partial charge in [0.1, 0.15) is 0 Å². The molecule has 2 N–H and O–H groups in total. The first-order valence-corrected chi connectivity index (χ1v) is 4.93. The number of nitrogens with two attached hydrogens (primary N) is 1. The Bertz CT molecular complexity index is 219. The fraction of sp³-hybridized carbons (Fsp3) is 0.889. The molecule has 0 radical (unpaired) electrons. The number of rotatable bonds is 1. The van der Waals surface area contributed by atoms with E-state index in [1.165, 1.54) is 0 Å². The van der Waals surface area contributed by atoms with Crippen molar-refractivity contribution in [3.05, 3.63) is 0 Å². The smallest absolute Gasteiger partial charge is 0.239 e. The van der Waals surface area contributed by atoms with Gasteiger partial charge >= 0.3 is 0 Å². The van der Waals surface area contributed by atoms with Gasteiger partial charge in [-0.15, -0.1) is 0 Å². The van der Waals surface area contributed by atoms with Crippen LogP contribution in [0.15, 0.2) is 0 Å². The SMILES string of the molecule is CN1CC[C@@H](N2CC[C@H](N)C2)C1=O. The summed E-state index contributed by atoms with van der Waals surface area (Å²) in [4.78, 5) is 15.7. The van der Waals surface area contributed by atoms with Crippen molar-refractivity contribution >= 4 is 5.91 Å². The lowest BCUT2D eigenvalue weighted by Crippen LogP contribution is -2.40. The quantitative estimate of drug-likeness (QED) is 0.582. The highest BCUT2D eigenvalue weighted by Crippen LogP contribution is 2.19. The van der Waals surface area contributed by atoms with Gasteiger partial charge in [-0.3, -0.25) is 9.69 Å². The molecule has 0 aromatic rings. The molecule has 2 fully saturated rings. The van der Waals surface area contributed by atoms with E-state index in [0.29, 0.717) is 0 Å². The van der Waals surface area contributed by atoms with E-state index in [0.717, 1.165) is 32.5 Å². The molecule has 2 aliphatic heterocycles. The number of carbonyl (C=O) groups is 1. The molecule has 4 nitrogen and oxygen atoms in total. The second-order valence-corrected chi connectivity index (χ2v) is 4.11. The molecule has 0 bridgehead atoms. The van der Waals surface area contributed by atoms with Crippen LogP contribution in [0, 0.1) is 0 Å². The maximum atomic E-state index is 11.6. The maximum Gasteiger partial charge on any atom is 0.239 e. The molecule has 13 heavy (non-hydrogen) atoms. The van der Waals surface area contributed by atoms with E-state index in [4.69, 9.17) is 5.73 Å². The third-order valence-corrected chi connectivity index (χ3v) is 3.10. The molecule has 2 aliphatic rings. The van der Waals surface area contributed by atoms with E-state index in [1.807, 2.05) is 11.9 Å². The topological polar surface area (TPSA) is 49.6 Å². The highest BCUT2D eigenvalue weighted by molar-refractivity contribution is 5.83. The van der Waals surface area contributed by atoms with E-state index in [-0.39, 0.29) is 18.0 Å². The van der Waals surface area contributed by atoms with Gasteiger partial charge in [0, 0.05) is 32.7 Å². The van der Waals surface area contributed by atoms with Crippen LogP contribution < -0.4 is 5.73 Å². The van der Waals surface area contributed by atoms with Crippen LogP contribution in [-0.2, 0) is 4.79 Å². The number of carbonyl (C=O) groups excluding carboxylic acids is 1. The lowest BCUT2D eigenvalue weighted by Gasteiger charge is -2.21. The second-order valence-electron chi connectivity index (χ2n) is 4.11. The summed E-state index contributed by atoms with van der Waals surface area (Å²) in [5.74, 6) is 0.272. The van der Waals surface area contributed by atoms with Gasteiger partial charge in [-0.2, -0.15) is 0 Å². The minimum absolute atomic E-state index is 0.124. The summed E-state index contributed by atoms with van der Waals surface area (Å²) in [6, 6.07) is 0.400. The molecular weight excluding hydrogens is 166 g/mol. The fourth-order valence-corrected chi connectivity index (χ4v) is 2.24. The minimum Gasteiger partial charge on any atom is -0.344 e. The predicted octanol–water partition coefficient (Wildman–Crippen LogP) is -0.750. The molecule has 0 unspecified atom stereocenters. The molecule has 0 aliphatic carbocycles. The Morgan fingerprint density at radius 1 is 1.38 bits per heavy atom. The zero-order valence-electron chi connectivity index (χ0n) is 8.07. The van der Waals surface area contributed by atoms with Crippen LogP contribution in [0.5, 0.6) is 0 Å². The normalized spacial score (nSPS) is 36.2. The van der Waals surface area contributed by atoms with Crippen LogP contribution in [0.1, 0.15) is 12.8 Å². The predicted molar refractivity (Wildman–Crippen MR) is 50.2 cm³/mol. The second kappa shape index (κ2) is 3.27. The molecule has 74 valence electrons. The molecule has 4 heteroatoms. The first kappa shape index (κ1) is 8.97. The summed E-state index contributed by atoms with van der Waals surface area (Å²) in [6.45, 7) is 2.78. The van der Waals surface area contributed by atoms with Crippen LogP contribution in [0.2, 0.25) is 0 Å². The van der Waals surface area contributed by atoms with Crippen LogP contribution >= 0.6 is 0 Å². The van der Waals surface area contributed by atoms with E-state index < -0.39 is 0 Å².